The first kappa shape index (κ1) is 12.1. The normalized spacial score (nSPS) is 17.8. The second-order valence-electron chi connectivity index (χ2n) is 5.20. The molecule has 0 spiro atoms. The Morgan fingerprint density at radius 2 is 2.35 bits per heavy atom. The maximum Gasteiger partial charge on any atom is 0.339 e. The Morgan fingerprint density at radius 3 is 2.88 bits per heavy atom. The van der Waals surface area contributed by atoms with Crippen molar-refractivity contribution in [3.63, 3.8) is 0 Å². The highest BCUT2D eigenvalue weighted by molar-refractivity contribution is 5.88. The van der Waals surface area contributed by atoms with Gasteiger partial charge in [-0.15, -0.1) is 0 Å². The number of hydrogen-bond donors (Lipinski definition) is 2. The lowest BCUT2D eigenvalue weighted by molar-refractivity contribution is 0.0695. The summed E-state index contributed by atoms with van der Waals surface area (Å²) in [5, 5.41) is 16.3. The molecule has 0 unspecified atom stereocenters. The number of aryl methyl sites for hydroxylation is 1. The number of hydrogen-bond acceptors (Lipinski definition) is 3. The zero-order chi connectivity index (χ0) is 12.5. The first-order valence-electron chi connectivity index (χ1n) is 5.97. The topological polar surface area (TPSA) is 67.2 Å². The first-order chi connectivity index (χ1) is 8.02. The number of aromatic carboxylic acids is 1. The van der Waals surface area contributed by atoms with Gasteiger partial charge in [0.1, 0.15) is 5.56 Å². The molecule has 2 N–H and O–H groups in total. The van der Waals surface area contributed by atoms with Gasteiger partial charge in [-0.1, -0.05) is 13.3 Å². The number of nitrogens with one attached hydrogen (secondary N) is 1. The zero-order valence-electron chi connectivity index (χ0n) is 10.4. The van der Waals surface area contributed by atoms with Crippen molar-refractivity contribution in [2.24, 2.45) is 12.5 Å². The number of aromatic nitrogens is 2. The van der Waals surface area contributed by atoms with E-state index >= 15 is 0 Å². The summed E-state index contributed by atoms with van der Waals surface area (Å²) in [7, 11) is 1.77. The third kappa shape index (κ3) is 2.49. The molecule has 17 heavy (non-hydrogen) atoms. The van der Waals surface area contributed by atoms with Crippen molar-refractivity contribution < 1.29 is 9.90 Å². The standard InChI is InChI=1S/C12H19N3O2/c1-12(4-3-5-12)8-13-7-10-9(11(16)17)6-14-15(10)2/h6,13H,3-5,7-8H2,1-2H3,(H,16,17). The molecule has 0 saturated heterocycles. The summed E-state index contributed by atoms with van der Waals surface area (Å²) in [6.45, 7) is 3.77. The lowest BCUT2D eigenvalue weighted by Gasteiger charge is -2.38. The van der Waals surface area contributed by atoms with E-state index in [0.29, 0.717) is 17.5 Å². The molecule has 5 heteroatoms. The number of rotatable bonds is 5. The van der Waals surface area contributed by atoms with Gasteiger partial charge in [0.15, 0.2) is 0 Å². The van der Waals surface area contributed by atoms with Gasteiger partial charge >= 0.3 is 5.97 Å². The van der Waals surface area contributed by atoms with Crippen LogP contribution in [0, 0.1) is 5.41 Å². The van der Waals surface area contributed by atoms with Crippen molar-refractivity contribution in [3.8, 4) is 0 Å². The summed E-state index contributed by atoms with van der Waals surface area (Å²) < 4.78 is 1.62. The van der Waals surface area contributed by atoms with Crippen molar-refractivity contribution >= 4 is 5.97 Å². The molecule has 2 rings (SSSR count). The van der Waals surface area contributed by atoms with Crippen LogP contribution in [0.5, 0.6) is 0 Å². The minimum Gasteiger partial charge on any atom is -0.478 e. The van der Waals surface area contributed by atoms with Gasteiger partial charge in [0.05, 0.1) is 11.9 Å². The summed E-state index contributed by atoms with van der Waals surface area (Å²) in [5.74, 6) is -0.912. The van der Waals surface area contributed by atoms with Crippen LogP contribution in [0.2, 0.25) is 0 Å². The van der Waals surface area contributed by atoms with Gasteiger partial charge in [-0.05, 0) is 18.3 Å². The van der Waals surface area contributed by atoms with Crippen LogP contribution in [0.3, 0.4) is 0 Å². The highest BCUT2D eigenvalue weighted by atomic mass is 16.4. The molecule has 0 radical (unpaired) electrons. The van der Waals surface area contributed by atoms with Crippen molar-refractivity contribution in [2.75, 3.05) is 6.54 Å². The lowest BCUT2D eigenvalue weighted by Crippen LogP contribution is -2.37. The molecule has 5 nitrogen and oxygen atoms in total. The summed E-state index contributed by atoms with van der Waals surface area (Å²) in [4.78, 5) is 11.0. The third-order valence-electron chi connectivity index (χ3n) is 3.70. The fraction of sp³-hybridized carbons (Fsp3) is 0.667. The van der Waals surface area contributed by atoms with E-state index in [-0.39, 0.29) is 0 Å². The van der Waals surface area contributed by atoms with Gasteiger partial charge in [-0.3, -0.25) is 4.68 Å². The predicted octanol–water partition coefficient (Wildman–Crippen LogP) is 1.40. The molecule has 94 valence electrons. The van der Waals surface area contributed by atoms with Crippen LogP contribution < -0.4 is 5.32 Å². The molecular weight excluding hydrogens is 218 g/mol. The molecule has 0 aliphatic heterocycles. The molecule has 1 fully saturated rings. The van der Waals surface area contributed by atoms with E-state index in [4.69, 9.17) is 5.11 Å². The number of nitrogens with zero attached hydrogens (tertiary/aromatic N) is 2. The van der Waals surface area contributed by atoms with Crippen LogP contribution in [-0.4, -0.2) is 27.4 Å². The van der Waals surface area contributed by atoms with Crippen LogP contribution in [0.15, 0.2) is 6.20 Å². The Hall–Kier alpha value is -1.36. The largest absolute Gasteiger partial charge is 0.478 e. The molecule has 0 amide bonds. The number of carbonyl (C=O) groups is 1. The molecule has 1 aromatic rings. The molecular formula is C12H19N3O2. The first-order valence-corrected chi connectivity index (χ1v) is 5.97. The molecule has 0 atom stereocenters. The predicted molar refractivity (Wildman–Crippen MR) is 63.8 cm³/mol. The Morgan fingerprint density at radius 1 is 1.65 bits per heavy atom. The maximum absolute atomic E-state index is 11.0. The lowest BCUT2D eigenvalue weighted by atomic mass is 9.70. The minimum absolute atomic E-state index is 0.291. The fourth-order valence-corrected chi connectivity index (χ4v) is 2.29. The zero-order valence-corrected chi connectivity index (χ0v) is 10.4. The molecule has 1 aliphatic rings. The number of carboxylic acid groups (broad SMARTS) is 1. The molecule has 1 aromatic heterocycles. The second kappa shape index (κ2) is 4.49. The summed E-state index contributed by atoms with van der Waals surface area (Å²) in [5.41, 5.74) is 1.43. The highest BCUT2D eigenvalue weighted by Crippen LogP contribution is 2.39. The second-order valence-corrected chi connectivity index (χ2v) is 5.20. The van der Waals surface area contributed by atoms with E-state index in [1.807, 2.05) is 0 Å². The van der Waals surface area contributed by atoms with Gasteiger partial charge in [0, 0.05) is 20.1 Å². The molecule has 1 heterocycles. The molecule has 1 saturated carbocycles. The van der Waals surface area contributed by atoms with E-state index in [9.17, 15) is 4.79 Å². The number of carboxylic acids is 1. The van der Waals surface area contributed by atoms with Crippen LogP contribution in [-0.2, 0) is 13.6 Å². The van der Waals surface area contributed by atoms with Crippen LogP contribution in [0.1, 0.15) is 42.2 Å². The van der Waals surface area contributed by atoms with Crippen LogP contribution in [0.4, 0.5) is 0 Å². The van der Waals surface area contributed by atoms with Gasteiger partial charge in [0.25, 0.3) is 0 Å². The Labute approximate surface area is 101 Å². The monoisotopic (exact) mass is 237 g/mol. The van der Waals surface area contributed by atoms with E-state index < -0.39 is 5.97 Å². The SMILES string of the molecule is Cn1ncc(C(=O)O)c1CNCC1(C)CCC1. The van der Waals surface area contributed by atoms with E-state index in [1.165, 1.54) is 25.5 Å². The third-order valence-corrected chi connectivity index (χ3v) is 3.70. The Balaban J connectivity index is 1.94. The van der Waals surface area contributed by atoms with Gasteiger partial charge in [-0.25, -0.2) is 4.79 Å². The Bertz CT molecular complexity index is 421. The van der Waals surface area contributed by atoms with Crippen LogP contribution >= 0.6 is 0 Å². The average Bonchev–Trinajstić information content (AvgIpc) is 2.58. The highest BCUT2D eigenvalue weighted by Gasteiger charge is 2.31. The smallest absolute Gasteiger partial charge is 0.339 e. The van der Waals surface area contributed by atoms with E-state index in [2.05, 4.69) is 17.3 Å². The van der Waals surface area contributed by atoms with Gasteiger partial charge in [0.2, 0.25) is 0 Å². The minimum atomic E-state index is -0.912. The van der Waals surface area contributed by atoms with Gasteiger partial charge in [-0.2, -0.15) is 5.10 Å². The van der Waals surface area contributed by atoms with Crippen molar-refractivity contribution in [3.05, 3.63) is 17.5 Å². The summed E-state index contributed by atoms with van der Waals surface area (Å²) in [6, 6.07) is 0. The van der Waals surface area contributed by atoms with Crippen molar-refractivity contribution in [1.29, 1.82) is 0 Å². The summed E-state index contributed by atoms with van der Waals surface area (Å²) >= 11 is 0. The molecule has 0 bridgehead atoms. The summed E-state index contributed by atoms with van der Waals surface area (Å²) in [6.07, 6.45) is 5.24. The van der Waals surface area contributed by atoms with Crippen LogP contribution in [0.25, 0.3) is 0 Å². The average molecular weight is 237 g/mol. The molecule has 0 aromatic carbocycles. The molecule has 1 aliphatic carbocycles. The van der Waals surface area contributed by atoms with Crippen molar-refractivity contribution in [2.45, 2.75) is 32.7 Å². The van der Waals surface area contributed by atoms with Gasteiger partial charge < -0.3 is 10.4 Å². The van der Waals surface area contributed by atoms with E-state index in [0.717, 1.165) is 12.2 Å². The van der Waals surface area contributed by atoms with Crippen molar-refractivity contribution in [1.82, 2.24) is 15.1 Å². The Kier molecular flexibility index (Phi) is 3.19. The maximum atomic E-state index is 11.0. The fourth-order valence-electron chi connectivity index (χ4n) is 2.29. The quantitative estimate of drug-likeness (QED) is 0.812. The van der Waals surface area contributed by atoms with E-state index in [1.54, 1.807) is 11.7 Å².